The first kappa shape index (κ1) is 12.6. The predicted octanol–water partition coefficient (Wildman–Crippen LogP) is 2.54. The van der Waals surface area contributed by atoms with Gasteiger partial charge in [-0.05, 0) is 31.5 Å². The van der Waals surface area contributed by atoms with Crippen molar-refractivity contribution in [3.05, 3.63) is 35.2 Å². The molecule has 0 N–H and O–H groups in total. The van der Waals surface area contributed by atoms with E-state index in [0.29, 0.717) is 5.02 Å². The van der Waals surface area contributed by atoms with Crippen molar-refractivity contribution in [3.63, 3.8) is 0 Å². The summed E-state index contributed by atoms with van der Waals surface area (Å²) >= 11 is 5.96. The summed E-state index contributed by atoms with van der Waals surface area (Å²) in [6, 6.07) is 3.78. The molecule has 3 heterocycles. The molecule has 5 heteroatoms. The van der Waals surface area contributed by atoms with E-state index in [-0.39, 0.29) is 6.04 Å². The molecule has 0 saturated carbocycles. The molecule has 0 amide bonds. The zero-order chi connectivity index (χ0) is 13.2. The van der Waals surface area contributed by atoms with Crippen molar-refractivity contribution < 1.29 is 4.79 Å². The Morgan fingerprint density at radius 1 is 1.37 bits per heavy atom. The van der Waals surface area contributed by atoms with Gasteiger partial charge in [0.15, 0.2) is 0 Å². The van der Waals surface area contributed by atoms with Gasteiger partial charge in [-0.25, -0.2) is 4.98 Å². The van der Waals surface area contributed by atoms with E-state index in [1.807, 2.05) is 28.9 Å². The first-order valence-corrected chi connectivity index (χ1v) is 6.96. The van der Waals surface area contributed by atoms with E-state index < -0.39 is 0 Å². The van der Waals surface area contributed by atoms with Gasteiger partial charge in [-0.15, -0.1) is 0 Å². The molecule has 3 rings (SSSR count). The molecule has 0 aliphatic carbocycles. The molecular weight excluding hydrogens is 262 g/mol. The van der Waals surface area contributed by atoms with Crippen LogP contribution in [0.3, 0.4) is 0 Å². The van der Waals surface area contributed by atoms with Gasteiger partial charge < -0.3 is 9.20 Å². The van der Waals surface area contributed by atoms with E-state index in [4.69, 9.17) is 11.6 Å². The molecule has 1 unspecified atom stereocenters. The zero-order valence-electron chi connectivity index (χ0n) is 10.6. The Hall–Kier alpha value is -1.39. The lowest BCUT2D eigenvalue weighted by Crippen LogP contribution is -2.39. The standard InChI is InChI=1S/C14H16ClN3O/c15-11-4-5-14-16-12(9-18(14)7-11)8-17-6-2-1-3-13(17)10-19/h4-5,7,9-10,13H,1-3,6,8H2. The SMILES string of the molecule is O=CC1CCCCN1Cc1cn2cc(Cl)ccc2n1. The largest absolute Gasteiger partial charge is 0.305 e. The van der Waals surface area contributed by atoms with Gasteiger partial charge in [-0.1, -0.05) is 18.0 Å². The van der Waals surface area contributed by atoms with Crippen LogP contribution in [0, 0.1) is 0 Å². The molecule has 0 radical (unpaired) electrons. The lowest BCUT2D eigenvalue weighted by molar-refractivity contribution is -0.113. The van der Waals surface area contributed by atoms with Crippen molar-refractivity contribution in [1.29, 1.82) is 0 Å². The fraction of sp³-hybridized carbons (Fsp3) is 0.429. The van der Waals surface area contributed by atoms with E-state index in [0.717, 1.165) is 50.0 Å². The number of rotatable bonds is 3. The molecular formula is C14H16ClN3O. The highest BCUT2D eigenvalue weighted by molar-refractivity contribution is 6.30. The highest BCUT2D eigenvalue weighted by atomic mass is 35.5. The minimum absolute atomic E-state index is 0.0437. The van der Waals surface area contributed by atoms with E-state index in [1.165, 1.54) is 0 Å². The molecule has 0 spiro atoms. The van der Waals surface area contributed by atoms with Crippen LogP contribution in [0.4, 0.5) is 0 Å². The molecule has 19 heavy (non-hydrogen) atoms. The monoisotopic (exact) mass is 277 g/mol. The topological polar surface area (TPSA) is 37.6 Å². The number of pyridine rings is 1. The average molecular weight is 278 g/mol. The number of hydrogen-bond donors (Lipinski definition) is 0. The average Bonchev–Trinajstić information content (AvgIpc) is 2.80. The Bertz CT molecular complexity index is 595. The van der Waals surface area contributed by atoms with Crippen molar-refractivity contribution >= 4 is 23.5 Å². The van der Waals surface area contributed by atoms with Crippen molar-refractivity contribution in [2.45, 2.75) is 31.8 Å². The lowest BCUT2D eigenvalue weighted by atomic mass is 10.0. The molecule has 2 aromatic heterocycles. The van der Waals surface area contributed by atoms with Gasteiger partial charge in [0.2, 0.25) is 0 Å². The number of aromatic nitrogens is 2. The van der Waals surface area contributed by atoms with Crippen molar-refractivity contribution in [1.82, 2.24) is 14.3 Å². The Morgan fingerprint density at radius 2 is 2.26 bits per heavy atom. The number of imidazole rings is 1. The second-order valence-corrected chi connectivity index (χ2v) is 5.45. The molecule has 1 aliphatic rings. The van der Waals surface area contributed by atoms with Gasteiger partial charge in [-0.2, -0.15) is 0 Å². The van der Waals surface area contributed by atoms with Crippen LogP contribution in [0.1, 0.15) is 25.0 Å². The molecule has 1 fully saturated rings. The second kappa shape index (κ2) is 5.31. The molecule has 1 atom stereocenters. The fourth-order valence-corrected chi connectivity index (χ4v) is 2.84. The van der Waals surface area contributed by atoms with Crippen molar-refractivity contribution in [2.75, 3.05) is 6.54 Å². The summed E-state index contributed by atoms with van der Waals surface area (Å²) in [5, 5.41) is 0.695. The summed E-state index contributed by atoms with van der Waals surface area (Å²) in [4.78, 5) is 17.9. The van der Waals surface area contributed by atoms with E-state index in [1.54, 1.807) is 0 Å². The lowest BCUT2D eigenvalue weighted by Gasteiger charge is -2.31. The van der Waals surface area contributed by atoms with Crippen molar-refractivity contribution in [3.8, 4) is 0 Å². The summed E-state index contributed by atoms with van der Waals surface area (Å²) in [6.07, 6.45) is 8.15. The third kappa shape index (κ3) is 2.65. The number of aldehydes is 1. The predicted molar refractivity (Wildman–Crippen MR) is 74.3 cm³/mol. The maximum atomic E-state index is 11.1. The molecule has 0 bridgehead atoms. The van der Waals surface area contributed by atoms with Crippen LogP contribution < -0.4 is 0 Å². The summed E-state index contributed by atoms with van der Waals surface area (Å²) in [6.45, 7) is 1.70. The number of halogens is 1. The van der Waals surface area contributed by atoms with Gasteiger partial charge in [0.05, 0.1) is 16.8 Å². The molecule has 0 aromatic carbocycles. The number of likely N-dealkylation sites (tertiary alicyclic amines) is 1. The smallest absolute Gasteiger partial charge is 0.137 e. The van der Waals surface area contributed by atoms with Crippen LogP contribution in [0.15, 0.2) is 24.5 Å². The summed E-state index contributed by atoms with van der Waals surface area (Å²) < 4.78 is 1.93. The van der Waals surface area contributed by atoms with Crippen LogP contribution in [0.5, 0.6) is 0 Å². The van der Waals surface area contributed by atoms with Crippen LogP contribution in [-0.2, 0) is 11.3 Å². The number of piperidine rings is 1. The Labute approximate surface area is 117 Å². The Kier molecular flexibility index (Phi) is 3.53. The highest BCUT2D eigenvalue weighted by Gasteiger charge is 2.22. The molecule has 100 valence electrons. The molecule has 1 aliphatic heterocycles. The van der Waals surface area contributed by atoms with E-state index >= 15 is 0 Å². The van der Waals surface area contributed by atoms with Crippen LogP contribution in [0.2, 0.25) is 5.02 Å². The van der Waals surface area contributed by atoms with Gasteiger partial charge in [0, 0.05) is 18.9 Å². The van der Waals surface area contributed by atoms with Crippen LogP contribution in [0.25, 0.3) is 5.65 Å². The maximum Gasteiger partial charge on any atom is 0.137 e. The molecule has 4 nitrogen and oxygen atoms in total. The summed E-state index contributed by atoms with van der Waals surface area (Å²) in [5.74, 6) is 0. The maximum absolute atomic E-state index is 11.1. The highest BCUT2D eigenvalue weighted by Crippen LogP contribution is 2.19. The van der Waals surface area contributed by atoms with Gasteiger partial charge in [0.1, 0.15) is 11.9 Å². The number of carbonyl (C=O) groups is 1. The number of nitrogens with zero attached hydrogens (tertiary/aromatic N) is 3. The van der Waals surface area contributed by atoms with E-state index in [9.17, 15) is 4.79 Å². The minimum Gasteiger partial charge on any atom is -0.305 e. The first-order chi connectivity index (χ1) is 9.26. The summed E-state index contributed by atoms with van der Waals surface area (Å²) in [5.41, 5.74) is 1.87. The Morgan fingerprint density at radius 3 is 3.11 bits per heavy atom. The van der Waals surface area contributed by atoms with Crippen molar-refractivity contribution in [2.24, 2.45) is 0 Å². The third-order valence-electron chi connectivity index (χ3n) is 3.65. The van der Waals surface area contributed by atoms with Crippen LogP contribution in [-0.4, -0.2) is 33.2 Å². The fourth-order valence-electron chi connectivity index (χ4n) is 2.67. The number of fused-ring (bicyclic) bond motifs is 1. The quantitative estimate of drug-likeness (QED) is 0.809. The third-order valence-corrected chi connectivity index (χ3v) is 3.87. The molecule has 1 saturated heterocycles. The van der Waals surface area contributed by atoms with Crippen LogP contribution >= 0.6 is 11.6 Å². The zero-order valence-corrected chi connectivity index (χ0v) is 11.4. The second-order valence-electron chi connectivity index (χ2n) is 5.01. The molecule has 2 aromatic rings. The van der Waals surface area contributed by atoms with Gasteiger partial charge in [-0.3, -0.25) is 4.90 Å². The number of hydrogen-bond acceptors (Lipinski definition) is 3. The minimum atomic E-state index is 0.0437. The Balaban J connectivity index is 1.82. The van der Waals surface area contributed by atoms with Gasteiger partial charge >= 0.3 is 0 Å². The first-order valence-electron chi connectivity index (χ1n) is 6.59. The number of carbonyl (C=O) groups excluding carboxylic acids is 1. The normalized spacial score (nSPS) is 20.8. The van der Waals surface area contributed by atoms with Gasteiger partial charge in [0.25, 0.3) is 0 Å². The summed E-state index contributed by atoms with van der Waals surface area (Å²) in [7, 11) is 0. The van der Waals surface area contributed by atoms with E-state index in [2.05, 4.69) is 9.88 Å².